The molecule has 1 aliphatic carbocycles. The molecule has 1 aromatic heterocycles. The number of methoxy groups -OCH3 is 2. The third-order valence-electron chi connectivity index (χ3n) is 7.89. The summed E-state index contributed by atoms with van der Waals surface area (Å²) in [5, 5.41) is 20.2. The zero-order valence-electron chi connectivity index (χ0n) is 27.4. The van der Waals surface area contributed by atoms with Gasteiger partial charge in [-0.15, -0.1) is 5.10 Å². The Balaban J connectivity index is 2.10. The number of Topliss-reactive ketones (excluding diaryl/α,β-unsaturated/α-hetero) is 1. The first-order valence-electron chi connectivity index (χ1n) is 14.9. The van der Waals surface area contributed by atoms with Crippen molar-refractivity contribution >= 4 is 41.0 Å². The summed E-state index contributed by atoms with van der Waals surface area (Å²) in [7, 11) is 2.86. The van der Waals surface area contributed by atoms with E-state index in [9.17, 15) is 29.1 Å². The van der Waals surface area contributed by atoms with Crippen molar-refractivity contribution in [2.75, 3.05) is 14.2 Å². The minimum Gasteiger partial charge on any atom is -0.439 e. The minimum atomic E-state index is -1.04. The maximum Gasteiger partial charge on any atom is 0.405 e. The van der Waals surface area contributed by atoms with Gasteiger partial charge in [0.15, 0.2) is 6.10 Å². The normalized spacial score (nSPS) is 29.5. The fourth-order valence-corrected chi connectivity index (χ4v) is 5.88. The second-order valence-corrected chi connectivity index (χ2v) is 12.3. The molecule has 0 saturated heterocycles. The molecule has 3 amide bonds. The average Bonchev–Trinajstić information content (AvgIpc) is 3.45. The van der Waals surface area contributed by atoms with Crippen LogP contribution in [-0.2, 0) is 28.6 Å². The Labute approximate surface area is 276 Å². The molecule has 2 aliphatic rings. The Morgan fingerprint density at radius 2 is 1.83 bits per heavy atom. The van der Waals surface area contributed by atoms with E-state index in [1.165, 1.54) is 33.3 Å². The van der Waals surface area contributed by atoms with Gasteiger partial charge in [-0.05, 0) is 56.6 Å². The van der Waals surface area contributed by atoms with Crippen molar-refractivity contribution in [1.29, 1.82) is 0 Å². The van der Waals surface area contributed by atoms with Crippen molar-refractivity contribution in [3.05, 3.63) is 69.1 Å². The smallest absolute Gasteiger partial charge is 0.405 e. The van der Waals surface area contributed by atoms with Gasteiger partial charge in [0.1, 0.15) is 11.0 Å². The van der Waals surface area contributed by atoms with Crippen molar-refractivity contribution in [1.82, 2.24) is 20.2 Å². The highest BCUT2D eigenvalue weighted by Gasteiger charge is 2.34. The average molecular weight is 672 g/mol. The highest BCUT2D eigenvalue weighted by Crippen LogP contribution is 2.29. The van der Waals surface area contributed by atoms with Gasteiger partial charge >= 0.3 is 6.09 Å². The number of ketones is 2. The molecule has 5 N–H and O–H groups in total. The summed E-state index contributed by atoms with van der Waals surface area (Å²) in [6.45, 7) is 8.39. The van der Waals surface area contributed by atoms with Crippen LogP contribution in [0.3, 0.4) is 0 Å². The summed E-state index contributed by atoms with van der Waals surface area (Å²) in [6.07, 6.45) is 2.92. The Morgan fingerprint density at radius 3 is 2.43 bits per heavy atom. The van der Waals surface area contributed by atoms with Gasteiger partial charge in [-0.25, -0.2) is 4.79 Å². The van der Waals surface area contributed by atoms with Crippen LogP contribution in [0.25, 0.3) is 0 Å². The molecule has 0 radical (unpaired) electrons. The number of allylic oxidation sites excluding steroid dienone is 4. The number of hydrogen-bond acceptors (Lipinski definition) is 12. The van der Waals surface area contributed by atoms with Crippen LogP contribution in [0.15, 0.2) is 58.5 Å². The number of rotatable bonds is 5. The lowest BCUT2D eigenvalue weighted by Gasteiger charge is -2.30. The van der Waals surface area contributed by atoms with Crippen LogP contribution in [-0.4, -0.2) is 82.8 Å². The van der Waals surface area contributed by atoms with Gasteiger partial charge in [0.05, 0.1) is 29.3 Å². The van der Waals surface area contributed by atoms with Crippen LogP contribution in [0.5, 0.6) is 0 Å². The minimum absolute atomic E-state index is 0.00471. The second-order valence-electron chi connectivity index (χ2n) is 11.6. The number of carbonyl (C=O) groups excluding carboxylic acids is 5. The summed E-state index contributed by atoms with van der Waals surface area (Å²) in [4.78, 5) is 65.3. The topological polar surface area (TPSA) is 209 Å². The molecular formula is C32H41N5O9S. The van der Waals surface area contributed by atoms with Crippen LogP contribution >= 0.6 is 11.5 Å². The van der Waals surface area contributed by atoms with Gasteiger partial charge in [-0.3, -0.25) is 19.2 Å². The molecule has 47 heavy (non-hydrogen) atoms. The summed E-state index contributed by atoms with van der Waals surface area (Å²) in [6, 6.07) is 0. The number of primary amides is 1. The molecule has 2 bridgehead atoms. The van der Waals surface area contributed by atoms with Gasteiger partial charge in [0.2, 0.25) is 11.6 Å². The molecule has 0 aromatic carbocycles. The van der Waals surface area contributed by atoms with E-state index in [0.717, 1.165) is 17.6 Å². The van der Waals surface area contributed by atoms with E-state index in [1.54, 1.807) is 32.9 Å². The third-order valence-corrected chi connectivity index (χ3v) is 8.72. The van der Waals surface area contributed by atoms with Gasteiger partial charge in [0, 0.05) is 37.4 Å². The van der Waals surface area contributed by atoms with Gasteiger partial charge in [-0.2, -0.15) is 0 Å². The molecule has 0 saturated carbocycles. The van der Waals surface area contributed by atoms with Crippen molar-refractivity contribution < 1.29 is 43.3 Å². The number of carbonyl (C=O) groups is 5. The molecule has 14 nitrogen and oxygen atoms in total. The number of nitrogens with two attached hydrogens (primary N) is 1. The van der Waals surface area contributed by atoms with Crippen molar-refractivity contribution in [3.63, 3.8) is 0 Å². The van der Waals surface area contributed by atoms with E-state index in [1.807, 2.05) is 6.92 Å². The van der Waals surface area contributed by atoms with Crippen LogP contribution in [0.4, 0.5) is 4.79 Å². The highest BCUT2D eigenvalue weighted by atomic mass is 32.1. The lowest BCUT2D eigenvalue weighted by atomic mass is 9.85. The number of fused-ring (bicyclic) bond motifs is 2. The molecule has 0 unspecified atom stereocenters. The van der Waals surface area contributed by atoms with Crippen molar-refractivity contribution in [2.45, 2.75) is 71.9 Å². The molecular weight excluding hydrogens is 630 g/mol. The fourth-order valence-electron chi connectivity index (χ4n) is 5.33. The van der Waals surface area contributed by atoms with Crippen LogP contribution < -0.4 is 16.4 Å². The number of nitrogens with one attached hydrogen (secondary N) is 2. The van der Waals surface area contributed by atoms with E-state index < -0.39 is 59.8 Å². The Hall–Kier alpha value is -4.31. The zero-order chi connectivity index (χ0) is 35.0. The number of hydrogen-bond donors (Lipinski definition) is 4. The fraction of sp³-hybridized carbons (Fsp3) is 0.469. The Bertz CT molecular complexity index is 1560. The predicted molar refractivity (Wildman–Crippen MR) is 172 cm³/mol. The molecule has 6 atom stereocenters. The van der Waals surface area contributed by atoms with Crippen LogP contribution in [0.2, 0.25) is 0 Å². The number of aryl methyl sites for hydroxylation is 1. The first-order chi connectivity index (χ1) is 22.2. The number of aromatic nitrogens is 2. The van der Waals surface area contributed by atoms with E-state index in [2.05, 4.69) is 20.2 Å². The molecule has 15 heteroatoms. The standard InChI is InChI=1S/C32H41N5O9S/c1-15-11-20-25(35-31(42)29-19(5)36-37-47-29)22(38)14-21(27(20)40)34-30(41)16(2)9-8-10-23(44-6)28(46-32(33)43)18(4)13-17(3)26(39)24(12-15)45-7/h8-10,13-15,17,23-24,26,28,39H,11-12H2,1-7H3,(H2,33,43)(H,34,41)(H,35,42)/b10-8-,16-9+,18-13+/t15-,17+,23+,24+,26-,28+/m1/s1. The Morgan fingerprint density at radius 1 is 1.13 bits per heavy atom. The molecule has 254 valence electrons. The van der Waals surface area contributed by atoms with E-state index in [0.29, 0.717) is 11.3 Å². The van der Waals surface area contributed by atoms with Crippen molar-refractivity contribution in [3.8, 4) is 0 Å². The molecule has 1 aliphatic heterocycles. The Kier molecular flexibility index (Phi) is 13.0. The van der Waals surface area contributed by atoms with Gasteiger partial charge in [0.25, 0.3) is 11.8 Å². The number of aliphatic hydroxyl groups is 1. The number of nitrogens with zero attached hydrogens (tertiary/aromatic N) is 2. The zero-order valence-corrected chi connectivity index (χ0v) is 28.2. The monoisotopic (exact) mass is 671 g/mol. The van der Waals surface area contributed by atoms with Gasteiger partial charge < -0.3 is 35.7 Å². The summed E-state index contributed by atoms with van der Waals surface area (Å²) < 4.78 is 20.3. The number of amides is 3. The SMILES string of the molecule is CO[C@H]1/C=C\C=C(/C)C(=O)NC2=CC(=O)C(NC(=O)c3snnc3C)=C(C[C@@H](C)C[C@H](OC)[C@H](O)[C@@H](C)/C=C(\C)[C@@H]1OC(N)=O)C2=O. The number of aliphatic hydroxyl groups excluding tert-OH is 1. The predicted octanol–water partition coefficient (Wildman–Crippen LogP) is 2.35. The second kappa shape index (κ2) is 16.5. The molecule has 1 aromatic rings. The van der Waals surface area contributed by atoms with E-state index in [4.69, 9.17) is 19.9 Å². The summed E-state index contributed by atoms with van der Waals surface area (Å²) in [5.74, 6) is -3.49. The molecule has 2 heterocycles. The molecule has 0 fully saturated rings. The first kappa shape index (κ1) is 37.2. The third kappa shape index (κ3) is 9.38. The quantitative estimate of drug-likeness (QED) is 0.264. The van der Waals surface area contributed by atoms with Crippen molar-refractivity contribution in [2.24, 2.45) is 17.6 Å². The van der Waals surface area contributed by atoms with Gasteiger partial charge in [-0.1, -0.05) is 42.6 Å². The largest absolute Gasteiger partial charge is 0.439 e. The van der Waals surface area contributed by atoms with E-state index >= 15 is 0 Å². The maximum absolute atomic E-state index is 13.8. The van der Waals surface area contributed by atoms with Crippen LogP contribution in [0, 0.1) is 18.8 Å². The molecule has 0 spiro atoms. The number of ether oxygens (including phenoxy) is 3. The summed E-state index contributed by atoms with van der Waals surface area (Å²) >= 11 is 0.848. The van der Waals surface area contributed by atoms with E-state index in [-0.39, 0.29) is 46.2 Å². The highest BCUT2D eigenvalue weighted by molar-refractivity contribution is 7.08. The van der Waals surface area contributed by atoms with Crippen LogP contribution in [0.1, 0.15) is 55.9 Å². The lowest BCUT2D eigenvalue weighted by molar-refractivity contribution is -0.120. The first-order valence-corrected chi connectivity index (χ1v) is 15.6. The summed E-state index contributed by atoms with van der Waals surface area (Å²) in [5.41, 5.74) is 5.96. The molecule has 3 rings (SSSR count). The lowest BCUT2D eigenvalue weighted by Crippen LogP contribution is -2.38. The maximum atomic E-state index is 13.8.